The molecule has 0 aromatic heterocycles. The van der Waals surface area contributed by atoms with E-state index in [0.717, 1.165) is 6.42 Å². The smallest absolute Gasteiger partial charge is 0.450 e. The number of rotatable bonds is 0. The van der Waals surface area contributed by atoms with Crippen molar-refractivity contribution in [3.05, 3.63) is 0 Å². The molecular weight excluding hydrogens is 160 g/mol. The highest BCUT2D eigenvalue weighted by Gasteiger charge is 2.14. The van der Waals surface area contributed by atoms with Gasteiger partial charge in [0.1, 0.15) is 0 Å². The molecule has 0 aromatic carbocycles. The van der Waals surface area contributed by atoms with Crippen molar-refractivity contribution in [1.29, 1.82) is 0 Å². The van der Waals surface area contributed by atoms with E-state index in [1.165, 1.54) is 19.3 Å². The molecule has 1 aliphatic carbocycles. The molecule has 1 aliphatic rings. The quantitative estimate of drug-likeness (QED) is 0.428. The van der Waals surface area contributed by atoms with Crippen LogP contribution in [0.15, 0.2) is 0 Å². The van der Waals surface area contributed by atoms with Gasteiger partial charge in [0, 0.05) is 12.1 Å². The molecule has 0 radical (unpaired) electrons. The second kappa shape index (κ2) is 5.79. The Morgan fingerprint density at radius 1 is 1.17 bits per heavy atom. The average molecular weight is 176 g/mol. The van der Waals surface area contributed by atoms with E-state index in [9.17, 15) is 0 Å². The summed E-state index contributed by atoms with van der Waals surface area (Å²) < 4.78 is 0. The maximum atomic E-state index is 8.56. The largest absolute Gasteiger partial charge is 0.503 e. The fourth-order valence-electron chi connectivity index (χ4n) is 1.27. The molecule has 1 fully saturated rings. The molecular formula is C7H16N2O3. The minimum Gasteiger partial charge on any atom is -0.450 e. The van der Waals surface area contributed by atoms with Gasteiger partial charge in [-0.15, -0.1) is 0 Å². The molecule has 5 nitrogen and oxygen atoms in total. The van der Waals surface area contributed by atoms with Gasteiger partial charge in [0.25, 0.3) is 0 Å². The molecule has 0 saturated heterocycles. The fourth-order valence-corrected chi connectivity index (χ4v) is 1.27. The minimum absolute atomic E-state index is 0.388. The van der Waals surface area contributed by atoms with Crippen molar-refractivity contribution < 1.29 is 15.0 Å². The van der Waals surface area contributed by atoms with Crippen LogP contribution >= 0.6 is 0 Å². The van der Waals surface area contributed by atoms with Gasteiger partial charge in [0.2, 0.25) is 0 Å². The molecule has 1 saturated carbocycles. The lowest BCUT2D eigenvalue weighted by molar-refractivity contribution is 0.137. The van der Waals surface area contributed by atoms with Crippen molar-refractivity contribution in [3.63, 3.8) is 0 Å². The average Bonchev–Trinajstić information content (AvgIpc) is 1.84. The van der Waals surface area contributed by atoms with Gasteiger partial charge >= 0.3 is 6.16 Å². The zero-order valence-electron chi connectivity index (χ0n) is 6.94. The first-order chi connectivity index (χ1) is 5.52. The Hall–Kier alpha value is -0.810. The summed E-state index contributed by atoms with van der Waals surface area (Å²) in [6.45, 7) is 0. The van der Waals surface area contributed by atoms with Crippen LogP contribution in [-0.4, -0.2) is 28.5 Å². The second-order valence-electron chi connectivity index (χ2n) is 2.97. The SMILES string of the molecule is NC1CCCC(N)C1.O=C(O)O. The van der Waals surface area contributed by atoms with Gasteiger partial charge in [-0.25, -0.2) is 4.79 Å². The van der Waals surface area contributed by atoms with Crippen LogP contribution in [0.4, 0.5) is 4.79 Å². The number of carboxylic acid groups (broad SMARTS) is 2. The number of nitrogens with two attached hydrogens (primary N) is 2. The lowest BCUT2D eigenvalue weighted by atomic mass is 9.92. The third-order valence-electron chi connectivity index (χ3n) is 1.76. The third kappa shape index (κ3) is 7.30. The topological polar surface area (TPSA) is 110 Å². The first-order valence-corrected chi connectivity index (χ1v) is 3.95. The summed E-state index contributed by atoms with van der Waals surface area (Å²) in [7, 11) is 0. The van der Waals surface area contributed by atoms with Crippen molar-refractivity contribution in [2.45, 2.75) is 37.8 Å². The van der Waals surface area contributed by atoms with Gasteiger partial charge in [-0.1, -0.05) is 6.42 Å². The molecule has 0 bridgehead atoms. The first kappa shape index (κ1) is 11.2. The summed E-state index contributed by atoms with van der Waals surface area (Å²) in [6.07, 6.45) is 2.77. The van der Waals surface area contributed by atoms with Crippen molar-refractivity contribution in [1.82, 2.24) is 0 Å². The van der Waals surface area contributed by atoms with Crippen LogP contribution in [0.3, 0.4) is 0 Å². The fraction of sp³-hybridized carbons (Fsp3) is 0.857. The van der Waals surface area contributed by atoms with Gasteiger partial charge in [-0.05, 0) is 19.3 Å². The van der Waals surface area contributed by atoms with E-state index in [4.69, 9.17) is 26.5 Å². The highest BCUT2D eigenvalue weighted by atomic mass is 16.6. The highest BCUT2D eigenvalue weighted by molar-refractivity contribution is 5.53. The molecule has 0 aromatic rings. The third-order valence-corrected chi connectivity index (χ3v) is 1.76. The van der Waals surface area contributed by atoms with Crippen LogP contribution in [0.25, 0.3) is 0 Å². The second-order valence-corrected chi connectivity index (χ2v) is 2.97. The first-order valence-electron chi connectivity index (χ1n) is 3.95. The molecule has 2 atom stereocenters. The summed E-state index contributed by atoms with van der Waals surface area (Å²) in [5.74, 6) is 0. The van der Waals surface area contributed by atoms with E-state index >= 15 is 0 Å². The molecule has 0 amide bonds. The van der Waals surface area contributed by atoms with E-state index in [1.54, 1.807) is 0 Å². The lowest BCUT2D eigenvalue weighted by Crippen LogP contribution is -2.35. The van der Waals surface area contributed by atoms with Gasteiger partial charge in [-0.2, -0.15) is 0 Å². The van der Waals surface area contributed by atoms with Crippen LogP contribution in [0.5, 0.6) is 0 Å². The Bertz CT molecular complexity index is 129. The summed E-state index contributed by atoms with van der Waals surface area (Å²) >= 11 is 0. The van der Waals surface area contributed by atoms with Crippen LogP contribution in [0.1, 0.15) is 25.7 Å². The number of hydrogen-bond donors (Lipinski definition) is 4. The van der Waals surface area contributed by atoms with Crippen LogP contribution < -0.4 is 11.5 Å². The summed E-state index contributed by atoms with van der Waals surface area (Å²) in [5, 5.41) is 13.9. The predicted octanol–water partition coefficient (Wildman–Crippen LogP) is 0.437. The minimum atomic E-state index is -1.83. The van der Waals surface area contributed by atoms with Gasteiger partial charge in [0.15, 0.2) is 0 Å². The van der Waals surface area contributed by atoms with Crippen LogP contribution in [-0.2, 0) is 0 Å². The Morgan fingerprint density at radius 3 is 1.67 bits per heavy atom. The summed E-state index contributed by atoms with van der Waals surface area (Å²) in [6, 6.07) is 0.775. The summed E-state index contributed by atoms with van der Waals surface area (Å²) in [4.78, 5) is 8.56. The maximum Gasteiger partial charge on any atom is 0.503 e. The molecule has 0 heterocycles. The van der Waals surface area contributed by atoms with Crippen molar-refractivity contribution in [2.24, 2.45) is 11.5 Å². The van der Waals surface area contributed by atoms with E-state index in [2.05, 4.69) is 0 Å². The normalized spacial score (nSPS) is 28.5. The Kier molecular flexibility index (Phi) is 5.40. The molecule has 72 valence electrons. The molecule has 0 spiro atoms. The Labute approximate surface area is 71.4 Å². The van der Waals surface area contributed by atoms with Crippen molar-refractivity contribution >= 4 is 6.16 Å². The Morgan fingerprint density at radius 2 is 1.50 bits per heavy atom. The van der Waals surface area contributed by atoms with E-state index in [0.29, 0.717) is 12.1 Å². The number of hydrogen-bond acceptors (Lipinski definition) is 3. The van der Waals surface area contributed by atoms with Crippen molar-refractivity contribution in [3.8, 4) is 0 Å². The standard InChI is InChI=1S/C6H14N2.CH2O3/c7-5-2-1-3-6(8)4-5;2-1(3)4/h5-6H,1-4,7-8H2;(H2,2,3,4). The zero-order chi connectivity index (χ0) is 9.56. The van der Waals surface area contributed by atoms with Gasteiger partial charge in [0.05, 0.1) is 0 Å². The van der Waals surface area contributed by atoms with E-state index < -0.39 is 6.16 Å². The van der Waals surface area contributed by atoms with Crippen LogP contribution in [0.2, 0.25) is 0 Å². The maximum absolute atomic E-state index is 8.56. The summed E-state index contributed by atoms with van der Waals surface area (Å²) in [5.41, 5.74) is 11.3. The highest BCUT2D eigenvalue weighted by Crippen LogP contribution is 2.14. The molecule has 0 aliphatic heterocycles. The molecule has 1 rings (SSSR count). The van der Waals surface area contributed by atoms with Gasteiger partial charge in [-0.3, -0.25) is 0 Å². The molecule has 2 unspecified atom stereocenters. The van der Waals surface area contributed by atoms with Crippen molar-refractivity contribution in [2.75, 3.05) is 0 Å². The molecule has 5 heteroatoms. The molecule has 6 N–H and O–H groups in total. The zero-order valence-corrected chi connectivity index (χ0v) is 6.94. The number of carbonyl (C=O) groups is 1. The predicted molar refractivity (Wildman–Crippen MR) is 45.1 cm³/mol. The van der Waals surface area contributed by atoms with Crippen LogP contribution in [0, 0.1) is 0 Å². The van der Waals surface area contributed by atoms with E-state index in [1.807, 2.05) is 0 Å². The van der Waals surface area contributed by atoms with Gasteiger partial charge < -0.3 is 21.7 Å². The molecule has 12 heavy (non-hydrogen) atoms. The Balaban J connectivity index is 0.000000261. The monoisotopic (exact) mass is 176 g/mol. The van der Waals surface area contributed by atoms with E-state index in [-0.39, 0.29) is 0 Å². The lowest BCUT2D eigenvalue weighted by Gasteiger charge is -2.22.